The van der Waals surface area contributed by atoms with Crippen LogP contribution in [-0.4, -0.2) is 42.6 Å². The fourth-order valence-corrected chi connectivity index (χ4v) is 5.73. The number of aromatic nitrogens is 4. The first-order chi connectivity index (χ1) is 17.8. The number of aliphatic hydroxyl groups is 1. The van der Waals surface area contributed by atoms with Crippen LogP contribution in [0.2, 0.25) is 0 Å². The minimum absolute atomic E-state index is 0.0537. The number of hydrogen-bond donors (Lipinski definition) is 3. The van der Waals surface area contributed by atoms with Gasteiger partial charge in [0.2, 0.25) is 0 Å². The number of nitrogens with one attached hydrogen (secondary N) is 2. The second-order valence-corrected chi connectivity index (χ2v) is 11.4. The lowest BCUT2D eigenvalue weighted by Gasteiger charge is -2.29. The highest BCUT2D eigenvalue weighted by molar-refractivity contribution is 6.05. The summed E-state index contributed by atoms with van der Waals surface area (Å²) in [7, 11) is 0. The number of rotatable bonds is 6. The van der Waals surface area contributed by atoms with E-state index >= 15 is 0 Å². The minimum Gasteiger partial charge on any atom is -0.389 e. The highest BCUT2D eigenvalue weighted by atomic mass is 16.3. The Morgan fingerprint density at radius 1 is 1.03 bits per heavy atom. The molecule has 0 atom stereocenters. The number of amides is 1. The topological polar surface area (TPSA) is 113 Å². The molecule has 192 valence electrons. The van der Waals surface area contributed by atoms with Gasteiger partial charge < -0.3 is 10.4 Å². The van der Waals surface area contributed by atoms with Crippen molar-refractivity contribution >= 4 is 27.6 Å². The molecule has 4 aromatic rings. The molecule has 8 heteroatoms. The number of benzene rings is 2. The molecule has 0 aliphatic heterocycles. The van der Waals surface area contributed by atoms with Crippen LogP contribution in [-0.2, 0) is 6.54 Å². The summed E-state index contributed by atoms with van der Waals surface area (Å²) < 4.78 is 1.78. The molecule has 0 radical (unpaired) electrons. The maximum absolute atomic E-state index is 13.4. The molecular formula is C29H33N5O3. The van der Waals surface area contributed by atoms with Crippen molar-refractivity contribution in [3.63, 3.8) is 0 Å². The van der Waals surface area contributed by atoms with Gasteiger partial charge in [0.05, 0.1) is 28.7 Å². The quantitative estimate of drug-likeness (QED) is 0.364. The lowest BCUT2D eigenvalue weighted by Crippen LogP contribution is -2.38. The van der Waals surface area contributed by atoms with Gasteiger partial charge in [-0.25, -0.2) is 5.10 Å². The standard InChI is InChI=1S/C29H33N5O3/c1-29(2,37)16-34-24-15-19(17-7-8-17)11-14-23(24)26(33-34)28(36)30-20-12-9-18(10-13-20)25-21-5-3-4-6-22(21)27(35)32-31-25/h3-6,11,14-15,17-18,20,37H,7-10,12-13,16H2,1-2H3,(H,30,36)(H,32,35). The molecule has 37 heavy (non-hydrogen) atoms. The Hall–Kier alpha value is -3.52. The fraction of sp³-hybridized carbons (Fsp3) is 0.448. The predicted octanol–water partition coefficient (Wildman–Crippen LogP) is 4.38. The van der Waals surface area contributed by atoms with Crippen molar-refractivity contribution in [3.8, 4) is 0 Å². The summed E-state index contributed by atoms with van der Waals surface area (Å²) in [6.45, 7) is 3.82. The van der Waals surface area contributed by atoms with E-state index in [0.29, 0.717) is 23.5 Å². The number of hydrogen-bond acceptors (Lipinski definition) is 5. The number of fused-ring (bicyclic) bond motifs is 2. The average Bonchev–Trinajstić information content (AvgIpc) is 3.67. The molecule has 8 nitrogen and oxygen atoms in total. The Labute approximate surface area is 215 Å². The van der Waals surface area contributed by atoms with Crippen molar-refractivity contribution in [1.82, 2.24) is 25.3 Å². The van der Waals surface area contributed by atoms with Crippen LogP contribution in [0.25, 0.3) is 21.7 Å². The molecule has 2 heterocycles. The number of nitrogens with zero attached hydrogens (tertiary/aromatic N) is 3. The molecule has 6 rings (SSSR count). The Balaban J connectivity index is 1.19. The number of carbonyl (C=O) groups is 1. The monoisotopic (exact) mass is 499 g/mol. The van der Waals surface area contributed by atoms with Gasteiger partial charge in [0.25, 0.3) is 11.5 Å². The SMILES string of the molecule is CC(C)(O)Cn1nc(C(=O)NC2CCC(c3n[nH]c(=O)c4ccccc34)CC2)c2ccc(C3CC3)cc21. The largest absolute Gasteiger partial charge is 0.389 e. The summed E-state index contributed by atoms with van der Waals surface area (Å²) >= 11 is 0. The van der Waals surface area contributed by atoms with Gasteiger partial charge >= 0.3 is 0 Å². The minimum atomic E-state index is -0.944. The summed E-state index contributed by atoms with van der Waals surface area (Å²) in [4.78, 5) is 25.6. The first-order valence-electron chi connectivity index (χ1n) is 13.3. The van der Waals surface area contributed by atoms with E-state index in [0.717, 1.165) is 47.7 Å². The molecule has 0 saturated heterocycles. The van der Waals surface area contributed by atoms with Gasteiger partial charge in [-0.2, -0.15) is 10.2 Å². The zero-order chi connectivity index (χ0) is 25.7. The van der Waals surface area contributed by atoms with Crippen LogP contribution < -0.4 is 10.9 Å². The maximum atomic E-state index is 13.4. The highest BCUT2D eigenvalue weighted by Crippen LogP contribution is 2.41. The lowest BCUT2D eigenvalue weighted by molar-refractivity contribution is 0.0587. The van der Waals surface area contributed by atoms with Gasteiger partial charge in [-0.1, -0.05) is 30.3 Å². The summed E-state index contributed by atoms with van der Waals surface area (Å²) in [6.07, 6.45) is 5.83. The van der Waals surface area contributed by atoms with Crippen molar-refractivity contribution in [3.05, 3.63) is 69.8 Å². The summed E-state index contributed by atoms with van der Waals surface area (Å²) in [5.41, 5.74) is 2.41. The van der Waals surface area contributed by atoms with Gasteiger partial charge in [-0.05, 0) is 76.0 Å². The Morgan fingerprint density at radius 3 is 2.43 bits per heavy atom. The molecule has 2 saturated carbocycles. The third kappa shape index (κ3) is 4.78. The number of carbonyl (C=O) groups excluding carboxylic acids is 1. The third-order valence-corrected chi connectivity index (χ3v) is 7.75. The molecule has 2 aromatic heterocycles. The predicted molar refractivity (Wildman–Crippen MR) is 143 cm³/mol. The van der Waals surface area contributed by atoms with Crippen LogP contribution in [0.4, 0.5) is 0 Å². The zero-order valence-electron chi connectivity index (χ0n) is 21.3. The van der Waals surface area contributed by atoms with Crippen LogP contribution in [0, 0.1) is 0 Å². The van der Waals surface area contributed by atoms with Crippen molar-refractivity contribution in [1.29, 1.82) is 0 Å². The molecule has 2 aliphatic carbocycles. The highest BCUT2D eigenvalue weighted by Gasteiger charge is 2.29. The van der Waals surface area contributed by atoms with Crippen molar-refractivity contribution in [2.24, 2.45) is 0 Å². The van der Waals surface area contributed by atoms with Gasteiger partial charge in [0.1, 0.15) is 0 Å². The molecule has 1 amide bonds. The average molecular weight is 500 g/mol. The fourth-order valence-electron chi connectivity index (χ4n) is 5.73. The Morgan fingerprint density at radius 2 is 1.73 bits per heavy atom. The van der Waals surface area contributed by atoms with E-state index in [-0.39, 0.29) is 23.4 Å². The lowest BCUT2D eigenvalue weighted by atomic mass is 9.82. The molecule has 2 fully saturated rings. The van der Waals surface area contributed by atoms with E-state index in [4.69, 9.17) is 0 Å². The number of H-pyrrole nitrogens is 1. The third-order valence-electron chi connectivity index (χ3n) is 7.75. The Kier molecular flexibility index (Phi) is 5.87. The van der Waals surface area contributed by atoms with E-state index in [2.05, 4.69) is 32.7 Å². The van der Waals surface area contributed by atoms with Crippen molar-refractivity contribution in [2.75, 3.05) is 0 Å². The molecule has 0 spiro atoms. The normalized spacial score (nSPS) is 20.4. The van der Waals surface area contributed by atoms with E-state index in [1.807, 2.05) is 30.3 Å². The van der Waals surface area contributed by atoms with Gasteiger partial charge in [-0.3, -0.25) is 14.3 Å². The molecule has 0 bridgehead atoms. The zero-order valence-corrected chi connectivity index (χ0v) is 21.3. The molecule has 2 aliphatic rings. The Bertz CT molecular complexity index is 1530. The van der Waals surface area contributed by atoms with Crippen LogP contribution in [0.5, 0.6) is 0 Å². The first kappa shape index (κ1) is 23.9. The van der Waals surface area contributed by atoms with Gasteiger partial charge in [0, 0.05) is 22.7 Å². The second-order valence-electron chi connectivity index (χ2n) is 11.4. The van der Waals surface area contributed by atoms with E-state index < -0.39 is 5.60 Å². The molecular weight excluding hydrogens is 466 g/mol. The molecule has 2 aromatic carbocycles. The summed E-state index contributed by atoms with van der Waals surface area (Å²) in [5.74, 6) is 0.661. The first-order valence-corrected chi connectivity index (χ1v) is 13.3. The summed E-state index contributed by atoms with van der Waals surface area (Å²) in [5, 5.41) is 27.8. The maximum Gasteiger partial charge on any atom is 0.272 e. The van der Waals surface area contributed by atoms with E-state index in [1.54, 1.807) is 18.5 Å². The van der Waals surface area contributed by atoms with E-state index in [9.17, 15) is 14.7 Å². The van der Waals surface area contributed by atoms with Gasteiger partial charge in [0.15, 0.2) is 5.69 Å². The van der Waals surface area contributed by atoms with Crippen LogP contribution in [0.1, 0.15) is 86.0 Å². The smallest absolute Gasteiger partial charge is 0.272 e. The van der Waals surface area contributed by atoms with Gasteiger partial charge in [-0.15, -0.1) is 0 Å². The molecule has 0 unspecified atom stereocenters. The second kappa shape index (κ2) is 9.10. The van der Waals surface area contributed by atoms with Crippen LogP contribution in [0.3, 0.4) is 0 Å². The van der Waals surface area contributed by atoms with Crippen LogP contribution >= 0.6 is 0 Å². The number of aromatic amines is 1. The summed E-state index contributed by atoms with van der Waals surface area (Å²) in [6, 6.07) is 13.9. The van der Waals surface area contributed by atoms with Crippen molar-refractivity contribution in [2.45, 2.75) is 82.4 Å². The molecule has 3 N–H and O–H groups in total. The van der Waals surface area contributed by atoms with Crippen molar-refractivity contribution < 1.29 is 9.90 Å². The van der Waals surface area contributed by atoms with E-state index in [1.165, 1.54) is 18.4 Å². The van der Waals surface area contributed by atoms with Crippen LogP contribution in [0.15, 0.2) is 47.3 Å².